The van der Waals surface area contributed by atoms with Gasteiger partial charge < -0.3 is 24.4 Å². The Hall–Kier alpha value is -3.42. The molecule has 1 saturated heterocycles. The number of aliphatic hydroxyl groups excluding tert-OH is 1. The number of rotatable bonds is 9. The van der Waals surface area contributed by atoms with Crippen LogP contribution in [-0.2, 0) is 16.9 Å². The molecule has 1 amide bonds. The number of aliphatic hydroxyl groups is 2. The van der Waals surface area contributed by atoms with Crippen molar-refractivity contribution in [3.8, 4) is 11.1 Å². The highest BCUT2D eigenvalue weighted by Gasteiger charge is 2.46. The molecule has 0 radical (unpaired) electrons. The van der Waals surface area contributed by atoms with Gasteiger partial charge in [-0.3, -0.25) is 4.79 Å². The fraction of sp³-hybridized carbons (Fsp3) is 0.438. The van der Waals surface area contributed by atoms with Crippen LogP contribution in [-0.4, -0.2) is 44.5 Å². The van der Waals surface area contributed by atoms with E-state index in [-0.39, 0.29) is 23.6 Å². The molecule has 1 fully saturated rings. The maximum Gasteiger partial charge on any atom is 0.411 e. The summed E-state index contributed by atoms with van der Waals surface area (Å²) in [4.78, 5) is 27.7. The van der Waals surface area contributed by atoms with E-state index in [1.54, 1.807) is 35.6 Å². The molecule has 2 aromatic carbocycles. The van der Waals surface area contributed by atoms with Crippen molar-refractivity contribution in [3.63, 3.8) is 0 Å². The van der Waals surface area contributed by atoms with Crippen molar-refractivity contribution in [1.82, 2.24) is 9.47 Å². The van der Waals surface area contributed by atoms with Crippen molar-refractivity contribution in [3.05, 3.63) is 94.4 Å². The minimum atomic E-state index is -1.00. The van der Waals surface area contributed by atoms with Crippen LogP contribution in [0.1, 0.15) is 64.6 Å². The third-order valence-corrected chi connectivity index (χ3v) is 7.51. The van der Waals surface area contributed by atoms with Crippen LogP contribution in [0.2, 0.25) is 0 Å². The van der Waals surface area contributed by atoms with Crippen molar-refractivity contribution >= 4 is 6.09 Å². The molecule has 39 heavy (non-hydrogen) atoms. The molecule has 0 aliphatic carbocycles. The van der Waals surface area contributed by atoms with Crippen LogP contribution in [0, 0.1) is 5.41 Å². The number of hydrogen-bond acceptors (Lipinski definition) is 5. The summed E-state index contributed by atoms with van der Waals surface area (Å²) in [6, 6.07) is 20.8. The molecule has 0 spiro atoms. The summed E-state index contributed by atoms with van der Waals surface area (Å²) in [6.45, 7) is 10.2. The molecular weight excluding hydrogens is 492 g/mol. The molecule has 7 heteroatoms. The highest BCUT2D eigenvalue weighted by atomic mass is 16.6. The lowest BCUT2D eigenvalue weighted by Crippen LogP contribution is -2.51. The fourth-order valence-electron chi connectivity index (χ4n) is 5.35. The van der Waals surface area contributed by atoms with E-state index in [1.165, 1.54) is 0 Å². The number of cyclic esters (lactones) is 1. The average molecular weight is 533 g/mol. The minimum absolute atomic E-state index is 0.00193. The average Bonchev–Trinajstić information content (AvgIpc) is 2.89. The molecule has 0 bridgehead atoms. The third-order valence-electron chi connectivity index (χ3n) is 7.51. The Bertz CT molecular complexity index is 1340. The Labute approximate surface area is 230 Å². The first-order chi connectivity index (χ1) is 18.3. The number of ether oxygens (including phenoxy) is 1. The topological polar surface area (TPSA) is 92.0 Å². The smallest absolute Gasteiger partial charge is 0.411 e. The maximum atomic E-state index is 13.3. The van der Waals surface area contributed by atoms with E-state index in [9.17, 15) is 19.8 Å². The summed E-state index contributed by atoms with van der Waals surface area (Å²) >= 11 is 0. The number of nitrogens with zero attached hydrogens (tertiary/aromatic N) is 2. The lowest BCUT2D eigenvalue weighted by molar-refractivity contribution is -0.101. The van der Waals surface area contributed by atoms with Gasteiger partial charge in [-0.25, -0.2) is 4.79 Å². The number of hydrogen-bond donors (Lipinski definition) is 2. The lowest BCUT2D eigenvalue weighted by atomic mass is 9.80. The van der Waals surface area contributed by atoms with E-state index in [0.717, 1.165) is 22.3 Å². The molecule has 2 heterocycles. The van der Waals surface area contributed by atoms with Gasteiger partial charge in [0.1, 0.15) is 5.60 Å². The molecule has 1 unspecified atom stereocenters. The Morgan fingerprint density at radius 2 is 1.64 bits per heavy atom. The summed E-state index contributed by atoms with van der Waals surface area (Å²) in [7, 11) is 0. The van der Waals surface area contributed by atoms with E-state index >= 15 is 0 Å². The van der Waals surface area contributed by atoms with Crippen LogP contribution in [0.5, 0.6) is 0 Å². The minimum Gasteiger partial charge on any atom is -0.438 e. The molecule has 2 N–H and O–H groups in total. The second kappa shape index (κ2) is 11.0. The van der Waals surface area contributed by atoms with Gasteiger partial charge in [0.25, 0.3) is 5.56 Å². The summed E-state index contributed by atoms with van der Waals surface area (Å²) in [5.41, 5.74) is 1.19. The zero-order valence-corrected chi connectivity index (χ0v) is 23.6. The highest BCUT2D eigenvalue weighted by Crippen LogP contribution is 2.42. The van der Waals surface area contributed by atoms with Crippen molar-refractivity contribution < 1.29 is 19.7 Å². The molecule has 1 aromatic heterocycles. The fourth-order valence-corrected chi connectivity index (χ4v) is 5.35. The zero-order valence-electron chi connectivity index (χ0n) is 23.6. The molecular formula is C32H40N2O5. The first-order valence-electron chi connectivity index (χ1n) is 13.5. The summed E-state index contributed by atoms with van der Waals surface area (Å²) in [5, 5.41) is 20.1. The Morgan fingerprint density at radius 3 is 2.21 bits per heavy atom. The predicted molar refractivity (Wildman–Crippen MR) is 152 cm³/mol. The number of aromatic nitrogens is 1. The second-order valence-corrected chi connectivity index (χ2v) is 12.2. The molecule has 0 saturated carbocycles. The molecule has 4 rings (SSSR count). The molecule has 1 aliphatic heterocycles. The van der Waals surface area contributed by atoms with E-state index in [0.29, 0.717) is 25.9 Å². The number of carbonyl (C=O) groups excluding carboxylic acids is 1. The second-order valence-electron chi connectivity index (χ2n) is 12.2. The Kier molecular flexibility index (Phi) is 8.05. The van der Waals surface area contributed by atoms with Gasteiger partial charge >= 0.3 is 6.09 Å². The number of carbonyl (C=O) groups is 1. The summed E-state index contributed by atoms with van der Waals surface area (Å²) in [5.74, 6) is 0. The van der Waals surface area contributed by atoms with Gasteiger partial charge in [0.15, 0.2) is 0 Å². The first kappa shape index (κ1) is 28.6. The summed E-state index contributed by atoms with van der Waals surface area (Å²) < 4.78 is 7.74. The molecule has 3 aromatic rings. The lowest BCUT2D eigenvalue weighted by Gasteiger charge is -2.45. The molecule has 7 nitrogen and oxygen atoms in total. The molecule has 1 aliphatic rings. The largest absolute Gasteiger partial charge is 0.438 e. The van der Waals surface area contributed by atoms with Crippen LogP contribution >= 0.6 is 0 Å². The van der Waals surface area contributed by atoms with E-state index in [1.807, 2.05) is 81.4 Å². The van der Waals surface area contributed by atoms with Gasteiger partial charge in [0.2, 0.25) is 0 Å². The summed E-state index contributed by atoms with van der Waals surface area (Å²) in [6.07, 6.45) is 2.24. The molecule has 208 valence electrons. The Morgan fingerprint density at radius 1 is 0.974 bits per heavy atom. The van der Waals surface area contributed by atoms with Gasteiger partial charge in [0.05, 0.1) is 11.6 Å². The monoisotopic (exact) mass is 532 g/mol. The van der Waals surface area contributed by atoms with Gasteiger partial charge in [-0.2, -0.15) is 0 Å². The van der Waals surface area contributed by atoms with Crippen LogP contribution in [0.25, 0.3) is 11.1 Å². The third kappa shape index (κ3) is 6.60. The maximum absolute atomic E-state index is 13.3. The van der Waals surface area contributed by atoms with Crippen molar-refractivity contribution in [2.24, 2.45) is 5.41 Å². The number of benzene rings is 2. The normalized spacial score (nSPS) is 19.1. The SMILES string of the molecule is C[C@@H](c1ccc(-c2ccn(CC(C)(C)CO)c(=O)c2)cc1)N1CCC(CC(C)(C)O)(c2ccccc2)OC1=O. The zero-order chi connectivity index (χ0) is 28.4. The van der Waals surface area contributed by atoms with E-state index < -0.39 is 17.3 Å². The first-order valence-corrected chi connectivity index (χ1v) is 13.5. The van der Waals surface area contributed by atoms with E-state index in [4.69, 9.17) is 4.74 Å². The van der Waals surface area contributed by atoms with Crippen molar-refractivity contribution in [1.29, 1.82) is 0 Å². The van der Waals surface area contributed by atoms with Crippen molar-refractivity contribution in [2.75, 3.05) is 13.2 Å². The van der Waals surface area contributed by atoms with Crippen LogP contribution in [0.15, 0.2) is 77.7 Å². The van der Waals surface area contributed by atoms with Crippen LogP contribution in [0.4, 0.5) is 4.79 Å². The van der Waals surface area contributed by atoms with Crippen LogP contribution < -0.4 is 5.56 Å². The molecule has 2 atom stereocenters. The number of pyridine rings is 1. The standard InChI is InChI=1S/C32H40N2O5/c1-23(34-18-16-32(39-29(34)37,20-31(4,5)38)27-9-7-6-8-10-27)24-11-13-25(14-12-24)26-15-17-33(28(36)19-26)21-30(2,3)22-35/h6-15,17,19,23,35,38H,16,18,20-22H2,1-5H3/t23-,32?/m0/s1. The quantitative estimate of drug-likeness (QED) is 0.380. The van der Waals surface area contributed by atoms with Gasteiger partial charge in [-0.15, -0.1) is 0 Å². The van der Waals surface area contributed by atoms with Gasteiger partial charge in [-0.05, 0) is 49.1 Å². The van der Waals surface area contributed by atoms with Crippen LogP contribution in [0.3, 0.4) is 0 Å². The van der Waals surface area contributed by atoms with Gasteiger partial charge in [-0.1, -0.05) is 68.4 Å². The predicted octanol–water partition coefficient (Wildman–Crippen LogP) is 5.49. The highest BCUT2D eigenvalue weighted by molar-refractivity contribution is 5.70. The van der Waals surface area contributed by atoms with Gasteiger partial charge in [0, 0.05) is 50.2 Å². The number of amides is 1. The van der Waals surface area contributed by atoms with E-state index in [2.05, 4.69) is 0 Å². The Balaban J connectivity index is 1.50. The van der Waals surface area contributed by atoms with Crippen molar-refractivity contribution in [2.45, 2.75) is 71.2 Å².